The zero-order valence-electron chi connectivity index (χ0n) is 15.3. The van der Waals surface area contributed by atoms with Crippen molar-refractivity contribution in [2.24, 2.45) is 5.10 Å². The summed E-state index contributed by atoms with van der Waals surface area (Å²) in [6.45, 7) is 0. The number of aromatic hydroxyl groups is 1. The molecular weight excluding hydrogens is 354 g/mol. The molecule has 2 aliphatic heterocycles. The largest absolute Gasteiger partial charge is 0.504 e. The molecule has 0 spiro atoms. The van der Waals surface area contributed by atoms with E-state index in [2.05, 4.69) is 11.1 Å². The van der Waals surface area contributed by atoms with Crippen molar-refractivity contribution < 1.29 is 14.6 Å². The van der Waals surface area contributed by atoms with E-state index >= 15 is 0 Å². The van der Waals surface area contributed by atoms with Crippen molar-refractivity contribution in [2.45, 2.75) is 18.7 Å². The van der Waals surface area contributed by atoms with Gasteiger partial charge in [-0.3, -0.25) is 4.98 Å². The van der Waals surface area contributed by atoms with E-state index in [-0.39, 0.29) is 18.0 Å². The number of fused-ring (bicyclic) bond motifs is 3. The van der Waals surface area contributed by atoms with Crippen LogP contribution in [0.2, 0.25) is 0 Å². The van der Waals surface area contributed by atoms with E-state index < -0.39 is 0 Å². The smallest absolute Gasteiger partial charge is 0.213 e. The second-order valence-corrected chi connectivity index (χ2v) is 6.82. The van der Waals surface area contributed by atoms with Gasteiger partial charge in [0.1, 0.15) is 5.75 Å². The Bertz CT molecular complexity index is 1050. The summed E-state index contributed by atoms with van der Waals surface area (Å²) in [5.74, 6) is 1.43. The van der Waals surface area contributed by atoms with Crippen LogP contribution in [0.4, 0.5) is 0 Å². The molecule has 140 valence electrons. The SMILES string of the molecule is COc1cc(C2=NN3[C@H](C2)c2ccccc2O[C@@H]3c2ccncc2)ccc1O. The van der Waals surface area contributed by atoms with Gasteiger partial charge in [0, 0.05) is 35.5 Å². The third kappa shape index (κ3) is 2.65. The van der Waals surface area contributed by atoms with Gasteiger partial charge in [-0.25, -0.2) is 5.01 Å². The molecule has 0 unspecified atom stereocenters. The van der Waals surface area contributed by atoms with Gasteiger partial charge in [0.15, 0.2) is 11.5 Å². The molecule has 6 heteroatoms. The normalized spacial score (nSPS) is 20.0. The number of hydrogen-bond donors (Lipinski definition) is 1. The minimum atomic E-state index is -0.320. The van der Waals surface area contributed by atoms with Crippen LogP contribution in [0, 0.1) is 0 Å². The molecule has 2 aromatic carbocycles. The van der Waals surface area contributed by atoms with Crippen molar-refractivity contribution in [3.63, 3.8) is 0 Å². The summed E-state index contributed by atoms with van der Waals surface area (Å²) in [4.78, 5) is 4.11. The van der Waals surface area contributed by atoms with E-state index in [0.29, 0.717) is 5.75 Å². The van der Waals surface area contributed by atoms with E-state index in [1.54, 1.807) is 25.6 Å². The highest BCUT2D eigenvalue weighted by atomic mass is 16.5. The molecular formula is C22H19N3O3. The lowest BCUT2D eigenvalue weighted by Gasteiger charge is -2.38. The molecule has 1 aromatic heterocycles. The predicted octanol–water partition coefficient (Wildman–Crippen LogP) is 4.04. The second-order valence-electron chi connectivity index (χ2n) is 6.82. The summed E-state index contributed by atoms with van der Waals surface area (Å²) in [5.41, 5.74) is 3.98. The first-order valence-corrected chi connectivity index (χ1v) is 9.13. The fraction of sp³-hybridized carbons (Fsp3) is 0.182. The molecule has 0 radical (unpaired) electrons. The van der Waals surface area contributed by atoms with Gasteiger partial charge in [0.05, 0.1) is 18.9 Å². The Morgan fingerprint density at radius 1 is 1.11 bits per heavy atom. The summed E-state index contributed by atoms with van der Waals surface area (Å²) < 4.78 is 11.6. The molecule has 6 nitrogen and oxygen atoms in total. The van der Waals surface area contributed by atoms with Gasteiger partial charge in [-0.15, -0.1) is 0 Å². The van der Waals surface area contributed by atoms with Crippen LogP contribution < -0.4 is 9.47 Å². The molecule has 1 N–H and O–H groups in total. The molecule has 0 fully saturated rings. The molecule has 0 amide bonds. The quantitative estimate of drug-likeness (QED) is 0.751. The number of phenolic OH excluding ortho intramolecular Hbond substituents is 1. The van der Waals surface area contributed by atoms with Gasteiger partial charge in [-0.2, -0.15) is 5.10 Å². The maximum Gasteiger partial charge on any atom is 0.213 e. The molecule has 2 aliphatic rings. The van der Waals surface area contributed by atoms with Crippen molar-refractivity contribution in [2.75, 3.05) is 7.11 Å². The number of pyridine rings is 1. The van der Waals surface area contributed by atoms with Gasteiger partial charge in [-0.05, 0) is 36.4 Å². The maximum absolute atomic E-state index is 9.90. The van der Waals surface area contributed by atoms with E-state index in [4.69, 9.17) is 14.6 Å². The predicted molar refractivity (Wildman–Crippen MR) is 104 cm³/mol. The van der Waals surface area contributed by atoms with E-state index in [1.807, 2.05) is 47.5 Å². The lowest BCUT2D eigenvalue weighted by Crippen LogP contribution is -2.33. The van der Waals surface area contributed by atoms with Gasteiger partial charge >= 0.3 is 0 Å². The lowest BCUT2D eigenvalue weighted by atomic mass is 9.96. The van der Waals surface area contributed by atoms with Crippen LogP contribution in [0.3, 0.4) is 0 Å². The van der Waals surface area contributed by atoms with Crippen LogP contribution in [-0.4, -0.2) is 27.9 Å². The van der Waals surface area contributed by atoms with Crippen LogP contribution >= 0.6 is 0 Å². The monoisotopic (exact) mass is 373 g/mol. The first-order valence-electron chi connectivity index (χ1n) is 9.13. The Labute approximate surface area is 162 Å². The third-order valence-corrected chi connectivity index (χ3v) is 5.20. The number of benzene rings is 2. The summed E-state index contributed by atoms with van der Waals surface area (Å²) in [5, 5.41) is 16.8. The van der Waals surface area contributed by atoms with E-state index in [0.717, 1.165) is 34.6 Å². The minimum Gasteiger partial charge on any atom is -0.504 e. The van der Waals surface area contributed by atoms with Crippen molar-refractivity contribution >= 4 is 5.71 Å². The lowest BCUT2D eigenvalue weighted by molar-refractivity contribution is -0.0190. The Morgan fingerprint density at radius 2 is 1.93 bits per heavy atom. The molecule has 2 atom stereocenters. The van der Waals surface area contributed by atoms with Crippen LogP contribution in [0.1, 0.15) is 35.4 Å². The molecule has 0 aliphatic carbocycles. The maximum atomic E-state index is 9.90. The van der Waals surface area contributed by atoms with E-state index in [9.17, 15) is 5.11 Å². The molecule has 0 saturated heterocycles. The van der Waals surface area contributed by atoms with Gasteiger partial charge in [0.2, 0.25) is 6.23 Å². The number of phenols is 1. The van der Waals surface area contributed by atoms with Gasteiger partial charge in [-0.1, -0.05) is 18.2 Å². The Hall–Kier alpha value is -3.54. The third-order valence-electron chi connectivity index (χ3n) is 5.20. The fourth-order valence-electron chi connectivity index (χ4n) is 3.81. The second kappa shape index (κ2) is 6.56. The van der Waals surface area contributed by atoms with Crippen LogP contribution in [0.15, 0.2) is 72.1 Å². The van der Waals surface area contributed by atoms with Crippen molar-refractivity contribution in [3.8, 4) is 17.2 Å². The highest BCUT2D eigenvalue weighted by Crippen LogP contribution is 2.47. The molecule has 5 rings (SSSR count). The van der Waals surface area contributed by atoms with Gasteiger partial charge in [0.25, 0.3) is 0 Å². The van der Waals surface area contributed by atoms with Crippen LogP contribution in [-0.2, 0) is 0 Å². The zero-order chi connectivity index (χ0) is 19.1. The first-order chi connectivity index (χ1) is 13.7. The standard InChI is InChI=1S/C22H19N3O3/c1-27-21-12-15(6-7-19(21)26)17-13-18-16-4-2-3-5-20(16)28-22(25(18)24-17)14-8-10-23-11-9-14/h2-12,18,22,26H,13H2,1H3/t18-,22-/m1/s1. The summed E-state index contributed by atoms with van der Waals surface area (Å²) in [6.07, 6.45) is 3.95. The van der Waals surface area contributed by atoms with E-state index in [1.165, 1.54) is 0 Å². The number of methoxy groups -OCH3 is 1. The summed E-state index contributed by atoms with van der Waals surface area (Å²) in [7, 11) is 1.54. The number of aromatic nitrogens is 1. The highest BCUT2D eigenvalue weighted by molar-refractivity contribution is 6.02. The Kier molecular flexibility index (Phi) is 3.90. The van der Waals surface area contributed by atoms with Crippen molar-refractivity contribution in [1.82, 2.24) is 9.99 Å². The van der Waals surface area contributed by atoms with Crippen LogP contribution in [0.25, 0.3) is 0 Å². The molecule has 0 saturated carbocycles. The Morgan fingerprint density at radius 3 is 2.75 bits per heavy atom. The first kappa shape index (κ1) is 16.6. The molecule has 3 aromatic rings. The minimum absolute atomic E-state index is 0.0814. The number of nitrogens with zero attached hydrogens (tertiary/aromatic N) is 3. The highest BCUT2D eigenvalue weighted by Gasteiger charge is 2.40. The average Bonchev–Trinajstić information content (AvgIpc) is 3.20. The fourth-order valence-corrected chi connectivity index (χ4v) is 3.81. The number of hydrazone groups is 1. The van der Waals surface area contributed by atoms with Crippen molar-refractivity contribution in [3.05, 3.63) is 83.7 Å². The number of ether oxygens (including phenoxy) is 2. The number of rotatable bonds is 3. The number of hydrogen-bond acceptors (Lipinski definition) is 6. The zero-order valence-corrected chi connectivity index (χ0v) is 15.3. The van der Waals surface area contributed by atoms with Gasteiger partial charge < -0.3 is 14.6 Å². The topological polar surface area (TPSA) is 67.2 Å². The number of para-hydroxylation sites is 1. The molecule has 0 bridgehead atoms. The van der Waals surface area contributed by atoms with Crippen LogP contribution in [0.5, 0.6) is 17.2 Å². The Balaban J connectivity index is 1.58. The average molecular weight is 373 g/mol. The summed E-state index contributed by atoms with van der Waals surface area (Å²) in [6, 6.07) is 17.4. The molecule has 3 heterocycles. The summed E-state index contributed by atoms with van der Waals surface area (Å²) >= 11 is 0. The molecule has 28 heavy (non-hydrogen) atoms. The van der Waals surface area contributed by atoms with Crippen molar-refractivity contribution in [1.29, 1.82) is 0 Å².